The van der Waals surface area contributed by atoms with Crippen molar-refractivity contribution in [1.82, 2.24) is 14.5 Å². The first-order valence-electron chi connectivity index (χ1n) is 9.35. The number of rotatable bonds is 5. The van der Waals surface area contributed by atoms with Crippen LogP contribution in [0.4, 0.5) is 13.2 Å². The van der Waals surface area contributed by atoms with Gasteiger partial charge in [0.25, 0.3) is 0 Å². The highest BCUT2D eigenvalue weighted by Crippen LogP contribution is 2.17. The van der Waals surface area contributed by atoms with E-state index in [0.29, 0.717) is 19.7 Å². The molecule has 1 aliphatic rings. The molecule has 3 heterocycles. The summed E-state index contributed by atoms with van der Waals surface area (Å²) in [5, 5.41) is 7.12. The maximum absolute atomic E-state index is 12.3. The molecule has 170 valence electrons. The van der Waals surface area contributed by atoms with Crippen molar-refractivity contribution in [2.45, 2.75) is 38.9 Å². The molecule has 0 bridgehead atoms. The summed E-state index contributed by atoms with van der Waals surface area (Å²) < 4.78 is 45.0. The number of hydrogen-bond acceptors (Lipinski definition) is 5. The molecule has 3 rings (SSSR count). The third kappa shape index (κ3) is 7.68. The average molecular weight is 443 g/mol. The van der Waals surface area contributed by atoms with Gasteiger partial charge in [-0.25, -0.2) is 4.79 Å². The van der Waals surface area contributed by atoms with Gasteiger partial charge in [0.15, 0.2) is 0 Å². The fourth-order valence-corrected chi connectivity index (χ4v) is 2.95. The summed E-state index contributed by atoms with van der Waals surface area (Å²) in [7, 11) is 1.54. The first kappa shape index (κ1) is 24.4. The molecule has 31 heavy (non-hydrogen) atoms. The summed E-state index contributed by atoms with van der Waals surface area (Å²) in [6.07, 6.45) is -3.14. The summed E-state index contributed by atoms with van der Waals surface area (Å²) in [5.74, 6) is -2.78. The largest absolute Gasteiger partial charge is 0.490 e. The Kier molecular flexibility index (Phi) is 8.57. The van der Waals surface area contributed by atoms with Gasteiger partial charge >= 0.3 is 12.1 Å². The molecule has 0 fully saturated rings. The summed E-state index contributed by atoms with van der Waals surface area (Å²) in [6.45, 7) is 4.35. The van der Waals surface area contributed by atoms with Crippen molar-refractivity contribution in [1.29, 1.82) is 0 Å². The van der Waals surface area contributed by atoms with E-state index in [1.54, 1.807) is 4.90 Å². The van der Waals surface area contributed by atoms with E-state index in [4.69, 9.17) is 19.4 Å². The highest BCUT2D eigenvalue weighted by molar-refractivity contribution is 5.77. The lowest BCUT2D eigenvalue weighted by atomic mass is 10.3. The van der Waals surface area contributed by atoms with Gasteiger partial charge in [0.05, 0.1) is 31.5 Å². The predicted octanol–water partition coefficient (Wildman–Crippen LogP) is 2.40. The lowest BCUT2D eigenvalue weighted by Crippen LogP contribution is -2.39. The van der Waals surface area contributed by atoms with Gasteiger partial charge in [-0.1, -0.05) is 6.07 Å². The standard InChI is InChI=1S/C18H23N3O3.C2HF3O2/c1-14-5-3-6-15(19-14)12-24-17-10-20-8-4-7-16(20)9-21(11-17)18(22)13-23-2;3-2(4,5)1(6)7/h3-8,17H,9-13H2,1-2H3;(H,6,7). The molecular formula is C20H24F3N3O5. The number of halogens is 3. The molecule has 1 amide bonds. The van der Waals surface area contributed by atoms with E-state index in [1.165, 1.54) is 7.11 Å². The number of carbonyl (C=O) groups excluding carboxylic acids is 1. The SMILES string of the molecule is COCC(=O)N1Cc2cccn2CC(OCc2cccc(C)n2)C1.O=C(O)C(F)(F)F. The Morgan fingerprint density at radius 3 is 2.55 bits per heavy atom. The second kappa shape index (κ2) is 10.9. The van der Waals surface area contributed by atoms with Gasteiger partial charge in [-0.3, -0.25) is 9.78 Å². The van der Waals surface area contributed by atoms with Crippen LogP contribution in [-0.4, -0.2) is 64.0 Å². The number of ether oxygens (including phenoxy) is 2. The molecule has 0 saturated carbocycles. The molecule has 11 heteroatoms. The maximum atomic E-state index is 12.3. The molecule has 0 spiro atoms. The van der Waals surface area contributed by atoms with Crippen molar-refractivity contribution >= 4 is 11.9 Å². The fraction of sp³-hybridized carbons (Fsp3) is 0.450. The number of hydrogen-bond donors (Lipinski definition) is 1. The number of carboxylic acids is 1. The Bertz CT molecular complexity index is 885. The van der Waals surface area contributed by atoms with E-state index in [1.807, 2.05) is 43.5 Å². The second-order valence-electron chi connectivity index (χ2n) is 6.87. The highest BCUT2D eigenvalue weighted by atomic mass is 19.4. The van der Waals surface area contributed by atoms with Crippen LogP contribution >= 0.6 is 0 Å². The van der Waals surface area contributed by atoms with Crippen molar-refractivity contribution in [3.8, 4) is 0 Å². The number of nitrogens with zero attached hydrogens (tertiary/aromatic N) is 3. The van der Waals surface area contributed by atoms with Crippen LogP contribution in [0.3, 0.4) is 0 Å². The summed E-state index contributed by atoms with van der Waals surface area (Å²) in [5.41, 5.74) is 2.99. The van der Waals surface area contributed by atoms with Gasteiger partial charge in [0, 0.05) is 31.2 Å². The van der Waals surface area contributed by atoms with E-state index >= 15 is 0 Å². The van der Waals surface area contributed by atoms with Crippen molar-refractivity contribution < 1.29 is 37.3 Å². The van der Waals surface area contributed by atoms with Crippen molar-refractivity contribution in [2.75, 3.05) is 20.3 Å². The Hall–Kier alpha value is -2.92. The number of amides is 1. The number of aryl methyl sites for hydroxylation is 1. The minimum absolute atomic E-state index is 0.0190. The zero-order chi connectivity index (χ0) is 23.0. The number of methoxy groups -OCH3 is 1. The third-order valence-corrected chi connectivity index (χ3v) is 4.38. The zero-order valence-corrected chi connectivity index (χ0v) is 17.1. The van der Waals surface area contributed by atoms with Crippen LogP contribution in [0.5, 0.6) is 0 Å². The number of fused-ring (bicyclic) bond motifs is 1. The van der Waals surface area contributed by atoms with Gasteiger partial charge in [-0.2, -0.15) is 13.2 Å². The van der Waals surface area contributed by atoms with E-state index < -0.39 is 12.1 Å². The minimum Gasteiger partial charge on any atom is -0.475 e. The molecule has 8 nitrogen and oxygen atoms in total. The number of carboxylic acid groups (broad SMARTS) is 1. The molecule has 0 aromatic carbocycles. The summed E-state index contributed by atoms with van der Waals surface area (Å²) in [4.78, 5) is 27.4. The summed E-state index contributed by atoms with van der Waals surface area (Å²) >= 11 is 0. The highest BCUT2D eigenvalue weighted by Gasteiger charge is 2.38. The first-order valence-corrected chi connectivity index (χ1v) is 9.35. The quantitative estimate of drug-likeness (QED) is 0.763. The average Bonchev–Trinajstić information content (AvgIpc) is 3.04. The third-order valence-electron chi connectivity index (χ3n) is 4.38. The molecule has 2 aromatic heterocycles. The number of alkyl halides is 3. The number of carbonyl (C=O) groups is 2. The van der Waals surface area contributed by atoms with Crippen LogP contribution in [0.15, 0.2) is 36.5 Å². The van der Waals surface area contributed by atoms with Crippen LogP contribution < -0.4 is 0 Å². The monoisotopic (exact) mass is 443 g/mol. The minimum atomic E-state index is -5.08. The predicted molar refractivity (Wildman–Crippen MR) is 103 cm³/mol. The lowest BCUT2D eigenvalue weighted by molar-refractivity contribution is -0.192. The molecule has 0 saturated heterocycles. The van der Waals surface area contributed by atoms with Crippen LogP contribution in [0.25, 0.3) is 0 Å². The number of aliphatic carboxylic acids is 1. The van der Waals surface area contributed by atoms with Crippen LogP contribution in [0, 0.1) is 6.92 Å². The molecule has 0 aliphatic carbocycles. The molecular weight excluding hydrogens is 419 g/mol. The number of pyridine rings is 1. The van der Waals surface area contributed by atoms with E-state index in [2.05, 4.69) is 9.55 Å². The van der Waals surface area contributed by atoms with Gasteiger partial charge in [0.1, 0.15) is 6.61 Å². The molecule has 1 unspecified atom stereocenters. The van der Waals surface area contributed by atoms with Crippen LogP contribution in [-0.2, 0) is 38.8 Å². The van der Waals surface area contributed by atoms with Crippen molar-refractivity contribution in [3.05, 3.63) is 53.6 Å². The van der Waals surface area contributed by atoms with Gasteiger partial charge < -0.3 is 24.0 Å². The zero-order valence-electron chi connectivity index (χ0n) is 17.1. The molecule has 2 aromatic rings. The Morgan fingerprint density at radius 2 is 1.94 bits per heavy atom. The molecule has 1 aliphatic heterocycles. The van der Waals surface area contributed by atoms with Gasteiger partial charge in [-0.05, 0) is 31.2 Å². The Labute approximate surface area is 177 Å². The molecule has 1 N–H and O–H groups in total. The first-order chi connectivity index (χ1) is 14.6. The van der Waals surface area contributed by atoms with E-state index in [-0.39, 0.29) is 18.6 Å². The van der Waals surface area contributed by atoms with Gasteiger partial charge in [-0.15, -0.1) is 0 Å². The van der Waals surface area contributed by atoms with E-state index in [0.717, 1.165) is 23.6 Å². The normalized spacial score (nSPS) is 16.0. The summed E-state index contributed by atoms with van der Waals surface area (Å²) in [6, 6.07) is 9.94. The topological polar surface area (TPSA) is 93.9 Å². The smallest absolute Gasteiger partial charge is 0.475 e. The second-order valence-corrected chi connectivity index (χ2v) is 6.87. The fourth-order valence-electron chi connectivity index (χ4n) is 2.95. The number of aromatic nitrogens is 2. The molecule has 1 atom stereocenters. The maximum Gasteiger partial charge on any atom is 0.490 e. The van der Waals surface area contributed by atoms with Crippen molar-refractivity contribution in [3.63, 3.8) is 0 Å². The van der Waals surface area contributed by atoms with Crippen molar-refractivity contribution in [2.24, 2.45) is 0 Å². The van der Waals surface area contributed by atoms with Gasteiger partial charge in [0.2, 0.25) is 5.91 Å². The van der Waals surface area contributed by atoms with E-state index in [9.17, 15) is 18.0 Å². The lowest BCUT2D eigenvalue weighted by Gasteiger charge is -2.24. The van der Waals surface area contributed by atoms with Crippen LogP contribution in [0.1, 0.15) is 17.1 Å². The molecule has 0 radical (unpaired) electrons. The Balaban J connectivity index is 0.000000423. The van der Waals surface area contributed by atoms with Crippen LogP contribution in [0.2, 0.25) is 0 Å². The Morgan fingerprint density at radius 1 is 1.23 bits per heavy atom.